The minimum absolute atomic E-state index is 0.171. The van der Waals surface area contributed by atoms with Crippen molar-refractivity contribution in [1.29, 1.82) is 0 Å². The second-order valence-corrected chi connectivity index (χ2v) is 9.04. The molecular formula is C24H28N2O5. The first-order valence-electron chi connectivity index (χ1n) is 10.1. The summed E-state index contributed by atoms with van der Waals surface area (Å²) in [5.41, 5.74) is -0.311. The number of amides is 2. The lowest BCUT2D eigenvalue weighted by molar-refractivity contribution is -0.132. The van der Waals surface area contributed by atoms with Crippen molar-refractivity contribution >= 4 is 23.3 Å². The smallest absolute Gasteiger partial charge is 0.271 e. The van der Waals surface area contributed by atoms with Crippen LogP contribution in [0.15, 0.2) is 42.5 Å². The third-order valence-corrected chi connectivity index (χ3v) is 4.84. The van der Waals surface area contributed by atoms with E-state index in [9.17, 15) is 14.4 Å². The number of carbonyl (C=O) groups is 3. The third-order valence-electron chi connectivity index (χ3n) is 4.84. The molecule has 1 aliphatic rings. The van der Waals surface area contributed by atoms with E-state index in [4.69, 9.17) is 9.47 Å². The lowest BCUT2D eigenvalue weighted by Gasteiger charge is -2.38. The van der Waals surface area contributed by atoms with Gasteiger partial charge >= 0.3 is 0 Å². The fourth-order valence-electron chi connectivity index (χ4n) is 3.29. The van der Waals surface area contributed by atoms with Crippen molar-refractivity contribution in [3.63, 3.8) is 0 Å². The number of Topliss-reactive ketones (excluding diaryl/α,β-unsaturated/α-hetero) is 1. The van der Waals surface area contributed by atoms with Crippen LogP contribution in [0.1, 0.15) is 55.3 Å². The van der Waals surface area contributed by atoms with Crippen LogP contribution in [0, 0.1) is 0 Å². The minimum Gasteiger partial charge on any atom is -0.497 e. The number of methoxy groups -OCH3 is 1. The van der Waals surface area contributed by atoms with Crippen molar-refractivity contribution in [2.24, 2.45) is 0 Å². The Balaban J connectivity index is 1.95. The van der Waals surface area contributed by atoms with Gasteiger partial charge in [-0.15, -0.1) is 0 Å². The maximum absolute atomic E-state index is 13.1. The summed E-state index contributed by atoms with van der Waals surface area (Å²) in [5.74, 6) is 0.230. The number of hydrogen-bond acceptors (Lipinski definition) is 5. The molecule has 2 amide bonds. The summed E-state index contributed by atoms with van der Waals surface area (Å²) in [6.45, 7) is 8.80. The van der Waals surface area contributed by atoms with Gasteiger partial charge in [0.2, 0.25) is 0 Å². The number of rotatable bonds is 5. The van der Waals surface area contributed by atoms with Gasteiger partial charge in [-0.1, -0.05) is 0 Å². The highest BCUT2D eigenvalue weighted by molar-refractivity contribution is 6.10. The van der Waals surface area contributed by atoms with Crippen LogP contribution in [-0.2, 0) is 4.79 Å². The normalized spacial score (nSPS) is 15.0. The highest BCUT2D eigenvalue weighted by Crippen LogP contribution is 2.38. The lowest BCUT2D eigenvalue weighted by atomic mass is 10.0. The molecule has 0 fully saturated rings. The molecule has 1 N–H and O–H groups in total. The van der Waals surface area contributed by atoms with E-state index >= 15 is 0 Å². The molecule has 0 saturated carbocycles. The van der Waals surface area contributed by atoms with Gasteiger partial charge in [0, 0.05) is 16.7 Å². The molecule has 31 heavy (non-hydrogen) atoms. The second kappa shape index (κ2) is 8.06. The number of benzene rings is 2. The minimum atomic E-state index is -1.14. The number of ether oxygens (including phenoxy) is 2. The van der Waals surface area contributed by atoms with Crippen LogP contribution >= 0.6 is 0 Å². The topological polar surface area (TPSA) is 84.9 Å². The van der Waals surface area contributed by atoms with Gasteiger partial charge in [0.1, 0.15) is 11.5 Å². The molecule has 1 heterocycles. The molecule has 7 nitrogen and oxygen atoms in total. The Morgan fingerprint density at radius 2 is 1.68 bits per heavy atom. The highest BCUT2D eigenvalue weighted by Gasteiger charge is 2.42. The Hall–Kier alpha value is -3.35. The van der Waals surface area contributed by atoms with E-state index in [0.29, 0.717) is 28.3 Å². The molecule has 3 rings (SSSR count). The van der Waals surface area contributed by atoms with Crippen molar-refractivity contribution in [1.82, 2.24) is 5.32 Å². The molecule has 0 atom stereocenters. The standard InChI is InChI=1S/C24H28N2O5/c1-23(2,3)25-21(28)16-9-12-20-18(13-16)26(22(29)24(4,5)31-20)14-19(27)15-7-10-17(30-6)11-8-15/h7-13H,14H2,1-6H3,(H,25,28). The summed E-state index contributed by atoms with van der Waals surface area (Å²) >= 11 is 0. The third kappa shape index (κ3) is 4.87. The van der Waals surface area contributed by atoms with Crippen LogP contribution in [0.25, 0.3) is 0 Å². The predicted octanol–water partition coefficient (Wildman–Crippen LogP) is 3.61. The zero-order chi connectivity index (χ0) is 23.0. The number of nitrogens with zero attached hydrogens (tertiary/aromatic N) is 1. The van der Waals surface area contributed by atoms with E-state index in [1.165, 1.54) is 4.90 Å². The molecule has 2 aromatic rings. The molecule has 0 radical (unpaired) electrons. The molecular weight excluding hydrogens is 396 g/mol. The molecule has 0 aromatic heterocycles. The zero-order valence-electron chi connectivity index (χ0n) is 18.7. The van der Waals surface area contributed by atoms with Gasteiger partial charge in [0.25, 0.3) is 11.8 Å². The molecule has 0 aliphatic carbocycles. The molecule has 1 aliphatic heterocycles. The van der Waals surface area contributed by atoms with Gasteiger partial charge in [0.15, 0.2) is 11.4 Å². The first kappa shape index (κ1) is 22.3. The van der Waals surface area contributed by atoms with Crippen molar-refractivity contribution in [3.05, 3.63) is 53.6 Å². The SMILES string of the molecule is COc1ccc(C(=O)CN2C(=O)C(C)(C)Oc3ccc(C(=O)NC(C)(C)C)cc32)cc1. The van der Waals surface area contributed by atoms with Gasteiger partial charge < -0.3 is 14.8 Å². The van der Waals surface area contributed by atoms with Crippen LogP contribution in [0.5, 0.6) is 11.5 Å². The Labute approximate surface area is 182 Å². The van der Waals surface area contributed by atoms with Gasteiger partial charge in [-0.25, -0.2) is 0 Å². The van der Waals surface area contributed by atoms with Gasteiger partial charge in [-0.2, -0.15) is 0 Å². The second-order valence-electron chi connectivity index (χ2n) is 9.04. The fourth-order valence-corrected chi connectivity index (χ4v) is 3.29. The first-order valence-corrected chi connectivity index (χ1v) is 10.1. The molecule has 0 spiro atoms. The van der Waals surface area contributed by atoms with Gasteiger partial charge in [0.05, 0.1) is 19.3 Å². The van der Waals surface area contributed by atoms with Crippen molar-refractivity contribution in [3.8, 4) is 11.5 Å². The molecule has 0 unspecified atom stereocenters. The van der Waals surface area contributed by atoms with E-state index in [0.717, 1.165) is 0 Å². The summed E-state index contributed by atoms with van der Waals surface area (Å²) in [7, 11) is 1.55. The average molecular weight is 424 g/mol. The van der Waals surface area contributed by atoms with Crippen LogP contribution in [0.2, 0.25) is 0 Å². The maximum atomic E-state index is 13.1. The molecule has 2 aromatic carbocycles. The molecule has 0 saturated heterocycles. The van der Waals surface area contributed by atoms with Crippen LogP contribution < -0.4 is 19.7 Å². The van der Waals surface area contributed by atoms with Gasteiger partial charge in [-0.05, 0) is 77.1 Å². The van der Waals surface area contributed by atoms with E-state index in [-0.39, 0.29) is 24.1 Å². The van der Waals surface area contributed by atoms with Crippen LogP contribution in [0.3, 0.4) is 0 Å². The number of anilines is 1. The Bertz CT molecular complexity index is 1020. The summed E-state index contributed by atoms with van der Waals surface area (Å²) in [6.07, 6.45) is 0. The Kier molecular flexibility index (Phi) is 5.81. The van der Waals surface area contributed by atoms with Crippen molar-refractivity contribution in [2.75, 3.05) is 18.6 Å². The highest BCUT2D eigenvalue weighted by atomic mass is 16.5. The average Bonchev–Trinajstić information content (AvgIpc) is 2.69. The largest absolute Gasteiger partial charge is 0.497 e. The van der Waals surface area contributed by atoms with Crippen LogP contribution in [-0.4, -0.2) is 42.4 Å². The Morgan fingerprint density at radius 3 is 2.26 bits per heavy atom. The summed E-state index contributed by atoms with van der Waals surface area (Å²) < 4.78 is 11.0. The number of carbonyl (C=O) groups excluding carboxylic acids is 3. The number of hydrogen-bond donors (Lipinski definition) is 1. The fraction of sp³-hybridized carbons (Fsp3) is 0.375. The number of fused-ring (bicyclic) bond motifs is 1. The van der Waals surface area contributed by atoms with Crippen molar-refractivity contribution < 1.29 is 23.9 Å². The van der Waals surface area contributed by atoms with E-state index in [1.807, 2.05) is 20.8 Å². The summed E-state index contributed by atoms with van der Waals surface area (Å²) in [5, 5.41) is 2.90. The Morgan fingerprint density at radius 1 is 1.06 bits per heavy atom. The summed E-state index contributed by atoms with van der Waals surface area (Å²) in [6, 6.07) is 11.6. The zero-order valence-corrected chi connectivity index (χ0v) is 18.7. The summed E-state index contributed by atoms with van der Waals surface area (Å²) in [4.78, 5) is 40.1. The molecule has 0 bridgehead atoms. The van der Waals surface area contributed by atoms with Crippen molar-refractivity contribution in [2.45, 2.75) is 45.8 Å². The van der Waals surface area contributed by atoms with Gasteiger partial charge in [-0.3, -0.25) is 19.3 Å². The number of nitrogens with one attached hydrogen (secondary N) is 1. The van der Waals surface area contributed by atoms with E-state index in [1.54, 1.807) is 63.4 Å². The predicted molar refractivity (Wildman–Crippen MR) is 118 cm³/mol. The lowest BCUT2D eigenvalue weighted by Crippen LogP contribution is -2.54. The van der Waals surface area contributed by atoms with Crippen LogP contribution in [0.4, 0.5) is 5.69 Å². The number of ketones is 1. The van der Waals surface area contributed by atoms with E-state index < -0.39 is 11.1 Å². The maximum Gasteiger partial charge on any atom is 0.271 e. The van der Waals surface area contributed by atoms with E-state index in [2.05, 4.69) is 5.32 Å². The molecule has 7 heteroatoms. The quantitative estimate of drug-likeness (QED) is 0.741. The first-order chi connectivity index (χ1) is 14.4. The monoisotopic (exact) mass is 424 g/mol. The molecule has 164 valence electrons.